The third-order valence-electron chi connectivity index (χ3n) is 7.69. The Bertz CT molecular complexity index is 1910. The van der Waals surface area contributed by atoms with Gasteiger partial charge >= 0.3 is 0 Å². The third kappa shape index (κ3) is 3.09. The Hall–Kier alpha value is -4.41. The summed E-state index contributed by atoms with van der Waals surface area (Å²) in [5.74, 6) is 0. The van der Waals surface area contributed by atoms with E-state index in [1.54, 1.807) is 0 Å². The third-order valence-corrected chi connectivity index (χ3v) is 8.86. The fourth-order valence-corrected chi connectivity index (χ4v) is 7.02. The average molecular weight is 494 g/mol. The van der Waals surface area contributed by atoms with Crippen LogP contribution >= 0.6 is 11.3 Å². The number of hydrogen-bond donors (Lipinski definition) is 0. The number of allylic oxidation sites excluding steroid dienone is 2. The van der Waals surface area contributed by atoms with Gasteiger partial charge in [-0.2, -0.15) is 0 Å². The SMILES string of the molecule is CN1c2c(sc3ccccc23)N2C=C(c3ccc(-c4ccc5ncc6ccccc6c5c4)cc3)C=CC12. The zero-order chi connectivity index (χ0) is 24.5. The number of likely N-dealkylation sites (N-methyl/N-ethyl adjacent to an activating group) is 1. The summed E-state index contributed by atoms with van der Waals surface area (Å²) in [5.41, 5.74) is 7.24. The molecule has 2 aliphatic rings. The molecule has 0 spiro atoms. The van der Waals surface area contributed by atoms with Crippen LogP contribution in [0.3, 0.4) is 0 Å². The van der Waals surface area contributed by atoms with E-state index in [-0.39, 0.29) is 6.17 Å². The standard InChI is InChI=1S/C33H23N3S/c1-35-31-17-15-25(20-36(31)33-32(35)27-8-4-5-9-30(27)37-33)22-12-10-21(11-13-22)23-14-16-29-28(18-23)26-7-3-2-6-24(26)19-34-29/h2-20,31H,1H3. The maximum absolute atomic E-state index is 4.66. The molecule has 1 atom stereocenters. The van der Waals surface area contributed by atoms with Gasteiger partial charge in [-0.15, -0.1) is 11.3 Å². The highest BCUT2D eigenvalue weighted by molar-refractivity contribution is 7.23. The van der Waals surface area contributed by atoms with Gasteiger partial charge in [0, 0.05) is 40.3 Å². The second-order valence-corrected chi connectivity index (χ2v) is 10.8. The molecule has 1 unspecified atom stereocenters. The second kappa shape index (κ2) is 7.79. The summed E-state index contributed by atoms with van der Waals surface area (Å²) in [6.07, 6.45) is 9.08. The Balaban J connectivity index is 1.15. The quantitative estimate of drug-likeness (QED) is 0.226. The van der Waals surface area contributed by atoms with E-state index in [2.05, 4.69) is 131 Å². The highest BCUT2D eigenvalue weighted by Crippen LogP contribution is 2.51. The van der Waals surface area contributed by atoms with Gasteiger partial charge < -0.3 is 9.80 Å². The molecule has 2 aliphatic heterocycles. The molecule has 0 fully saturated rings. The van der Waals surface area contributed by atoms with Crippen molar-refractivity contribution in [3.8, 4) is 11.1 Å². The number of pyridine rings is 1. The largest absolute Gasteiger partial charge is 0.348 e. The summed E-state index contributed by atoms with van der Waals surface area (Å²) in [7, 11) is 2.20. The van der Waals surface area contributed by atoms with Crippen LogP contribution in [0.25, 0.3) is 48.5 Å². The maximum Gasteiger partial charge on any atom is 0.126 e. The zero-order valence-electron chi connectivity index (χ0n) is 20.3. The van der Waals surface area contributed by atoms with E-state index in [4.69, 9.17) is 0 Å². The number of hydrogen-bond acceptors (Lipinski definition) is 4. The van der Waals surface area contributed by atoms with Crippen molar-refractivity contribution in [3.05, 3.63) is 121 Å². The number of rotatable bonds is 2. The van der Waals surface area contributed by atoms with Crippen LogP contribution in [-0.2, 0) is 0 Å². The van der Waals surface area contributed by atoms with Crippen LogP contribution in [0.1, 0.15) is 5.56 Å². The van der Waals surface area contributed by atoms with Gasteiger partial charge in [0.05, 0.1) is 11.2 Å². The van der Waals surface area contributed by atoms with Crippen molar-refractivity contribution in [2.45, 2.75) is 6.17 Å². The van der Waals surface area contributed by atoms with Gasteiger partial charge in [-0.3, -0.25) is 4.98 Å². The minimum Gasteiger partial charge on any atom is -0.348 e. The normalized spacial score (nSPS) is 16.5. The van der Waals surface area contributed by atoms with Crippen LogP contribution in [0.5, 0.6) is 0 Å². The van der Waals surface area contributed by atoms with Crippen molar-refractivity contribution < 1.29 is 0 Å². The van der Waals surface area contributed by atoms with E-state index in [0.717, 1.165) is 5.52 Å². The van der Waals surface area contributed by atoms with Crippen LogP contribution in [0.15, 0.2) is 116 Å². The Morgan fingerprint density at radius 2 is 1.51 bits per heavy atom. The fraction of sp³-hybridized carbons (Fsp3) is 0.0606. The maximum atomic E-state index is 4.66. The van der Waals surface area contributed by atoms with Crippen LogP contribution in [-0.4, -0.2) is 18.2 Å². The molecule has 176 valence electrons. The average Bonchev–Trinajstić information content (AvgIpc) is 3.48. The second-order valence-electron chi connectivity index (χ2n) is 9.78. The number of benzene rings is 4. The molecule has 0 saturated carbocycles. The smallest absolute Gasteiger partial charge is 0.126 e. The van der Waals surface area contributed by atoms with Gasteiger partial charge in [0.1, 0.15) is 11.2 Å². The predicted octanol–water partition coefficient (Wildman–Crippen LogP) is 8.46. The van der Waals surface area contributed by atoms with E-state index in [1.165, 1.54) is 59.2 Å². The van der Waals surface area contributed by atoms with Crippen LogP contribution in [0.2, 0.25) is 0 Å². The molecule has 4 aromatic carbocycles. The Morgan fingerprint density at radius 3 is 2.41 bits per heavy atom. The Morgan fingerprint density at radius 1 is 0.757 bits per heavy atom. The fourth-order valence-electron chi connectivity index (χ4n) is 5.78. The molecule has 0 aliphatic carbocycles. The van der Waals surface area contributed by atoms with Crippen molar-refractivity contribution in [3.63, 3.8) is 0 Å². The summed E-state index contributed by atoms with van der Waals surface area (Å²) in [5, 5.41) is 6.27. The summed E-state index contributed by atoms with van der Waals surface area (Å²) in [6, 6.07) is 32.7. The van der Waals surface area contributed by atoms with Crippen molar-refractivity contribution in [1.29, 1.82) is 0 Å². The predicted molar refractivity (Wildman–Crippen MR) is 158 cm³/mol. The first-order chi connectivity index (χ1) is 18.2. The molecule has 6 aromatic rings. The molecule has 3 nitrogen and oxygen atoms in total. The monoisotopic (exact) mass is 493 g/mol. The lowest BCUT2D eigenvalue weighted by Crippen LogP contribution is -2.38. The Kier molecular flexibility index (Phi) is 4.37. The van der Waals surface area contributed by atoms with Crippen molar-refractivity contribution in [1.82, 2.24) is 4.98 Å². The molecule has 0 saturated heterocycles. The lowest BCUT2D eigenvalue weighted by Gasteiger charge is -2.29. The molecular weight excluding hydrogens is 470 g/mol. The summed E-state index contributed by atoms with van der Waals surface area (Å²) < 4.78 is 1.34. The molecule has 37 heavy (non-hydrogen) atoms. The lowest BCUT2D eigenvalue weighted by molar-refractivity contribution is 0.795. The number of anilines is 2. The van der Waals surface area contributed by atoms with Crippen LogP contribution in [0.4, 0.5) is 10.7 Å². The number of aromatic nitrogens is 1. The first-order valence-corrected chi connectivity index (χ1v) is 13.4. The van der Waals surface area contributed by atoms with E-state index in [1.807, 2.05) is 17.5 Å². The summed E-state index contributed by atoms with van der Waals surface area (Å²) in [6.45, 7) is 0. The van der Waals surface area contributed by atoms with Gasteiger partial charge in [-0.1, -0.05) is 78.9 Å². The van der Waals surface area contributed by atoms with E-state index < -0.39 is 0 Å². The van der Waals surface area contributed by atoms with Crippen molar-refractivity contribution >= 4 is 59.4 Å². The molecular formula is C33H23N3S. The van der Waals surface area contributed by atoms with Gasteiger partial charge in [0.2, 0.25) is 0 Å². The molecule has 0 radical (unpaired) electrons. The minimum absolute atomic E-state index is 0.231. The lowest BCUT2D eigenvalue weighted by atomic mass is 9.97. The first-order valence-electron chi connectivity index (χ1n) is 12.6. The zero-order valence-corrected chi connectivity index (χ0v) is 21.1. The van der Waals surface area contributed by atoms with E-state index in [0.29, 0.717) is 0 Å². The molecule has 0 N–H and O–H groups in total. The number of nitrogens with zero attached hydrogens (tertiary/aromatic N) is 3. The van der Waals surface area contributed by atoms with Gasteiger partial charge in [0.25, 0.3) is 0 Å². The van der Waals surface area contributed by atoms with Crippen LogP contribution in [0, 0.1) is 0 Å². The summed E-state index contributed by atoms with van der Waals surface area (Å²) in [4.78, 5) is 9.47. The van der Waals surface area contributed by atoms with E-state index >= 15 is 0 Å². The molecule has 2 aromatic heterocycles. The molecule has 0 bridgehead atoms. The van der Waals surface area contributed by atoms with E-state index in [9.17, 15) is 0 Å². The van der Waals surface area contributed by atoms with Crippen molar-refractivity contribution in [2.24, 2.45) is 0 Å². The molecule has 4 heterocycles. The molecule has 0 amide bonds. The minimum atomic E-state index is 0.231. The topological polar surface area (TPSA) is 19.4 Å². The first kappa shape index (κ1) is 20.7. The Labute approximate surface area is 219 Å². The summed E-state index contributed by atoms with van der Waals surface area (Å²) >= 11 is 1.88. The number of thiophene rings is 1. The number of fused-ring (bicyclic) bond motifs is 8. The molecule has 8 rings (SSSR count). The van der Waals surface area contributed by atoms with Crippen molar-refractivity contribution in [2.75, 3.05) is 16.8 Å². The van der Waals surface area contributed by atoms with Gasteiger partial charge in [-0.05, 0) is 51.9 Å². The van der Waals surface area contributed by atoms with Gasteiger partial charge in [0.15, 0.2) is 0 Å². The van der Waals surface area contributed by atoms with Crippen LogP contribution < -0.4 is 9.80 Å². The highest BCUT2D eigenvalue weighted by atomic mass is 32.1. The van der Waals surface area contributed by atoms with Gasteiger partial charge in [-0.25, -0.2) is 0 Å². The highest BCUT2D eigenvalue weighted by Gasteiger charge is 2.36. The molecule has 4 heteroatoms.